The molecule has 96 valence electrons. The van der Waals surface area contributed by atoms with Gasteiger partial charge in [-0.1, -0.05) is 6.07 Å². The Bertz CT molecular complexity index is 453. The minimum absolute atomic E-state index is 0.0255. The average molecular weight is 248 g/mol. The zero-order chi connectivity index (χ0) is 13.0. The van der Waals surface area contributed by atoms with Gasteiger partial charge < -0.3 is 9.47 Å². The fourth-order valence-corrected chi connectivity index (χ4v) is 2.02. The number of carbonyl (C=O) groups is 2. The van der Waals surface area contributed by atoms with Gasteiger partial charge in [0, 0.05) is 6.42 Å². The van der Waals surface area contributed by atoms with Crippen molar-refractivity contribution >= 4 is 11.8 Å². The molecule has 0 N–H and O–H groups in total. The minimum Gasteiger partial charge on any atom is -0.497 e. The van der Waals surface area contributed by atoms with Crippen LogP contribution in [0.3, 0.4) is 0 Å². The number of hydrogen-bond donors (Lipinski definition) is 0. The van der Waals surface area contributed by atoms with E-state index in [9.17, 15) is 9.59 Å². The van der Waals surface area contributed by atoms with Crippen LogP contribution in [0.1, 0.15) is 36.0 Å². The molecule has 0 radical (unpaired) electrons. The molecule has 0 heterocycles. The van der Waals surface area contributed by atoms with Crippen LogP contribution in [0.4, 0.5) is 0 Å². The van der Waals surface area contributed by atoms with Gasteiger partial charge in [-0.2, -0.15) is 0 Å². The molecule has 4 heteroatoms. The second-order valence-corrected chi connectivity index (χ2v) is 4.34. The molecule has 0 bridgehead atoms. The second kappa shape index (κ2) is 5.67. The van der Waals surface area contributed by atoms with Crippen molar-refractivity contribution in [2.45, 2.75) is 31.8 Å². The quantitative estimate of drug-likeness (QED) is 0.770. The minimum atomic E-state index is -0.572. The van der Waals surface area contributed by atoms with Crippen LogP contribution in [0.2, 0.25) is 0 Å². The van der Waals surface area contributed by atoms with Crippen LogP contribution in [0.25, 0.3) is 0 Å². The summed E-state index contributed by atoms with van der Waals surface area (Å²) in [6.45, 7) is 0. The van der Waals surface area contributed by atoms with E-state index < -0.39 is 12.1 Å². The zero-order valence-electron chi connectivity index (χ0n) is 10.3. The molecule has 4 nitrogen and oxygen atoms in total. The molecule has 0 aliphatic heterocycles. The predicted molar refractivity (Wildman–Crippen MR) is 65.7 cm³/mol. The summed E-state index contributed by atoms with van der Waals surface area (Å²) in [4.78, 5) is 23.5. The number of hydrogen-bond acceptors (Lipinski definition) is 4. The van der Waals surface area contributed by atoms with Gasteiger partial charge in [-0.3, -0.25) is 4.79 Å². The molecule has 1 aromatic rings. The number of rotatable bonds is 3. The van der Waals surface area contributed by atoms with E-state index >= 15 is 0 Å². The fraction of sp³-hybridized carbons (Fsp3) is 0.429. The van der Waals surface area contributed by atoms with E-state index in [0.717, 1.165) is 12.8 Å². The summed E-state index contributed by atoms with van der Waals surface area (Å²) in [5, 5.41) is 0. The van der Waals surface area contributed by atoms with Crippen LogP contribution in [-0.2, 0) is 9.53 Å². The first-order valence-corrected chi connectivity index (χ1v) is 6.08. The van der Waals surface area contributed by atoms with Crippen LogP contribution >= 0.6 is 0 Å². The Morgan fingerprint density at radius 1 is 1.33 bits per heavy atom. The van der Waals surface area contributed by atoms with Gasteiger partial charge >= 0.3 is 5.97 Å². The first-order valence-electron chi connectivity index (χ1n) is 6.08. The summed E-state index contributed by atoms with van der Waals surface area (Å²) in [6.07, 6.45) is 2.40. The van der Waals surface area contributed by atoms with Crippen molar-refractivity contribution in [2.24, 2.45) is 0 Å². The summed E-state index contributed by atoms with van der Waals surface area (Å²) < 4.78 is 10.3. The van der Waals surface area contributed by atoms with Crippen molar-refractivity contribution in [3.63, 3.8) is 0 Å². The molecule has 1 aliphatic carbocycles. The molecular weight excluding hydrogens is 232 g/mol. The molecule has 1 aliphatic rings. The number of methoxy groups -OCH3 is 1. The Hall–Kier alpha value is -1.84. The molecule has 1 fully saturated rings. The van der Waals surface area contributed by atoms with Gasteiger partial charge in [0.15, 0.2) is 11.9 Å². The first-order chi connectivity index (χ1) is 8.70. The third-order valence-electron chi connectivity index (χ3n) is 3.05. The van der Waals surface area contributed by atoms with E-state index in [4.69, 9.17) is 9.47 Å². The lowest BCUT2D eigenvalue weighted by Gasteiger charge is -2.20. The van der Waals surface area contributed by atoms with Crippen LogP contribution in [0, 0.1) is 0 Å². The molecule has 1 atom stereocenters. The second-order valence-electron chi connectivity index (χ2n) is 4.34. The highest BCUT2D eigenvalue weighted by Crippen LogP contribution is 2.20. The van der Waals surface area contributed by atoms with Crippen LogP contribution in [-0.4, -0.2) is 25.0 Å². The van der Waals surface area contributed by atoms with Crippen molar-refractivity contribution in [3.8, 4) is 5.75 Å². The molecule has 1 aromatic carbocycles. The fourth-order valence-electron chi connectivity index (χ4n) is 2.02. The van der Waals surface area contributed by atoms with Gasteiger partial charge in [0.1, 0.15) is 5.75 Å². The van der Waals surface area contributed by atoms with Crippen molar-refractivity contribution in [2.75, 3.05) is 7.11 Å². The molecule has 1 unspecified atom stereocenters. The van der Waals surface area contributed by atoms with E-state index in [1.54, 1.807) is 24.3 Å². The van der Waals surface area contributed by atoms with E-state index in [1.807, 2.05) is 0 Å². The van der Waals surface area contributed by atoms with Gasteiger partial charge in [-0.05, 0) is 37.5 Å². The van der Waals surface area contributed by atoms with E-state index in [0.29, 0.717) is 24.2 Å². The average Bonchev–Trinajstić information content (AvgIpc) is 2.41. The maximum absolute atomic E-state index is 11.9. The van der Waals surface area contributed by atoms with Crippen molar-refractivity contribution < 1.29 is 19.1 Å². The number of ether oxygens (including phenoxy) is 2. The summed E-state index contributed by atoms with van der Waals surface area (Å²) in [5.41, 5.74) is 0.410. The van der Waals surface area contributed by atoms with E-state index in [-0.39, 0.29) is 5.78 Å². The monoisotopic (exact) mass is 248 g/mol. The number of Topliss-reactive ketones (excluding diaryl/α,β-unsaturated/α-hetero) is 1. The highest BCUT2D eigenvalue weighted by Gasteiger charge is 2.26. The molecule has 1 saturated carbocycles. The molecule has 18 heavy (non-hydrogen) atoms. The summed E-state index contributed by atoms with van der Waals surface area (Å²) >= 11 is 0. The number of benzene rings is 1. The standard InChI is InChI=1S/C14H16O4/c1-17-11-6-4-5-10(9-11)14(16)18-13-8-3-2-7-12(13)15/h4-6,9,13H,2-3,7-8H2,1H3. The lowest BCUT2D eigenvalue weighted by atomic mass is 9.96. The maximum atomic E-state index is 11.9. The number of esters is 1. The number of carbonyl (C=O) groups excluding carboxylic acids is 2. The van der Waals surface area contributed by atoms with Crippen molar-refractivity contribution in [3.05, 3.63) is 29.8 Å². The highest BCUT2D eigenvalue weighted by molar-refractivity contribution is 5.93. The number of ketones is 1. The lowest BCUT2D eigenvalue weighted by Crippen LogP contribution is -2.30. The van der Waals surface area contributed by atoms with Crippen LogP contribution in [0.5, 0.6) is 5.75 Å². The van der Waals surface area contributed by atoms with Gasteiger partial charge in [0.25, 0.3) is 0 Å². The van der Waals surface area contributed by atoms with Crippen LogP contribution < -0.4 is 4.74 Å². The first kappa shape index (κ1) is 12.6. The van der Waals surface area contributed by atoms with Gasteiger partial charge in [0.05, 0.1) is 12.7 Å². The lowest BCUT2D eigenvalue weighted by molar-refractivity contribution is -0.129. The molecule has 0 saturated heterocycles. The van der Waals surface area contributed by atoms with Gasteiger partial charge in [-0.25, -0.2) is 4.79 Å². The smallest absolute Gasteiger partial charge is 0.338 e. The third-order valence-corrected chi connectivity index (χ3v) is 3.05. The Morgan fingerprint density at radius 2 is 2.17 bits per heavy atom. The molecule has 0 amide bonds. The topological polar surface area (TPSA) is 52.6 Å². The highest BCUT2D eigenvalue weighted by atomic mass is 16.5. The molecule has 0 spiro atoms. The Labute approximate surface area is 106 Å². The van der Waals surface area contributed by atoms with Crippen molar-refractivity contribution in [1.29, 1.82) is 0 Å². The summed E-state index contributed by atoms with van der Waals surface area (Å²) in [7, 11) is 1.54. The van der Waals surface area contributed by atoms with E-state index in [2.05, 4.69) is 0 Å². The van der Waals surface area contributed by atoms with Crippen LogP contribution in [0.15, 0.2) is 24.3 Å². The molecule has 2 rings (SSSR count). The molecule has 0 aromatic heterocycles. The Balaban J connectivity index is 2.04. The third kappa shape index (κ3) is 2.88. The Morgan fingerprint density at radius 3 is 2.89 bits per heavy atom. The van der Waals surface area contributed by atoms with Gasteiger partial charge in [-0.15, -0.1) is 0 Å². The normalized spacial score (nSPS) is 19.4. The SMILES string of the molecule is COc1cccc(C(=O)OC2CCCCC2=O)c1. The summed E-state index contributed by atoms with van der Waals surface area (Å²) in [5.74, 6) is 0.158. The zero-order valence-corrected chi connectivity index (χ0v) is 10.3. The molecular formula is C14H16O4. The summed E-state index contributed by atoms with van der Waals surface area (Å²) in [6, 6.07) is 6.73. The van der Waals surface area contributed by atoms with E-state index in [1.165, 1.54) is 7.11 Å². The van der Waals surface area contributed by atoms with Gasteiger partial charge in [0.2, 0.25) is 0 Å². The van der Waals surface area contributed by atoms with Crippen molar-refractivity contribution in [1.82, 2.24) is 0 Å². The maximum Gasteiger partial charge on any atom is 0.338 e. The predicted octanol–water partition coefficient (Wildman–Crippen LogP) is 2.36. The largest absolute Gasteiger partial charge is 0.497 e. The Kier molecular flexibility index (Phi) is 3.97.